The first kappa shape index (κ1) is 18.9. The molecule has 0 aromatic heterocycles. The topological polar surface area (TPSA) is 30.3 Å². The van der Waals surface area contributed by atoms with Crippen LogP contribution in [-0.2, 0) is 13.0 Å². The van der Waals surface area contributed by atoms with E-state index in [2.05, 4.69) is 59.7 Å². The second kappa shape index (κ2) is 8.68. The van der Waals surface area contributed by atoms with Crippen molar-refractivity contribution in [2.75, 3.05) is 19.6 Å². The Morgan fingerprint density at radius 2 is 1.77 bits per heavy atom. The van der Waals surface area contributed by atoms with Gasteiger partial charge in [-0.3, -0.25) is 4.90 Å². The van der Waals surface area contributed by atoms with Gasteiger partial charge in [0.15, 0.2) is 0 Å². The van der Waals surface area contributed by atoms with Crippen molar-refractivity contribution in [1.29, 1.82) is 5.26 Å². The summed E-state index contributed by atoms with van der Waals surface area (Å²) in [6.07, 6.45) is 0.900. The molecule has 0 bridgehead atoms. The standard InChI is InChI=1S/C21H23N3S2/c1-16-2-4-19(5-3-16)14-23-10-11-24(21(25)26)20(15-23)12-17-6-8-18(13-22)9-7-17/h2-9,20H,10-12,14-15H2,1H3,(H,25,26). The summed E-state index contributed by atoms with van der Waals surface area (Å²) in [5.41, 5.74) is 4.55. The Bertz CT molecular complexity index is 794. The zero-order valence-corrected chi connectivity index (χ0v) is 16.6. The van der Waals surface area contributed by atoms with Crippen molar-refractivity contribution in [2.24, 2.45) is 0 Å². The second-order valence-electron chi connectivity index (χ2n) is 6.86. The monoisotopic (exact) mass is 381 g/mol. The molecule has 1 atom stereocenters. The lowest BCUT2D eigenvalue weighted by Gasteiger charge is -2.42. The first-order valence-electron chi connectivity index (χ1n) is 8.81. The lowest BCUT2D eigenvalue weighted by Crippen LogP contribution is -2.54. The van der Waals surface area contributed by atoms with Crippen molar-refractivity contribution in [3.05, 3.63) is 70.8 Å². The number of aryl methyl sites for hydroxylation is 1. The predicted molar refractivity (Wildman–Crippen MR) is 113 cm³/mol. The Kier molecular flexibility index (Phi) is 6.31. The summed E-state index contributed by atoms with van der Waals surface area (Å²) >= 11 is 9.79. The molecule has 1 unspecified atom stereocenters. The highest BCUT2D eigenvalue weighted by Crippen LogP contribution is 2.19. The number of benzene rings is 2. The van der Waals surface area contributed by atoms with Crippen LogP contribution in [0.1, 0.15) is 22.3 Å². The maximum Gasteiger partial charge on any atom is 0.133 e. The number of thiol groups is 1. The van der Waals surface area contributed by atoms with Gasteiger partial charge in [-0.05, 0) is 36.6 Å². The maximum atomic E-state index is 8.96. The summed E-state index contributed by atoms with van der Waals surface area (Å²) in [5.74, 6) is 0. The lowest BCUT2D eigenvalue weighted by molar-refractivity contribution is 0.124. The molecule has 0 radical (unpaired) electrons. The van der Waals surface area contributed by atoms with E-state index in [-0.39, 0.29) is 0 Å². The van der Waals surface area contributed by atoms with Crippen LogP contribution in [0.2, 0.25) is 0 Å². The molecule has 2 aromatic rings. The third kappa shape index (κ3) is 4.85. The highest BCUT2D eigenvalue weighted by atomic mass is 32.1. The number of hydrogen-bond acceptors (Lipinski definition) is 3. The zero-order chi connectivity index (χ0) is 18.5. The fourth-order valence-electron chi connectivity index (χ4n) is 3.43. The minimum Gasteiger partial charge on any atom is -0.352 e. The largest absolute Gasteiger partial charge is 0.352 e. The molecule has 0 N–H and O–H groups in total. The summed E-state index contributed by atoms with van der Waals surface area (Å²) in [4.78, 5) is 4.71. The van der Waals surface area contributed by atoms with Crippen LogP contribution in [0.4, 0.5) is 0 Å². The van der Waals surface area contributed by atoms with E-state index in [1.165, 1.54) is 16.7 Å². The van der Waals surface area contributed by atoms with E-state index in [0.717, 1.165) is 32.6 Å². The van der Waals surface area contributed by atoms with Crippen molar-refractivity contribution in [3.8, 4) is 6.07 Å². The predicted octanol–water partition coefficient (Wildman–Crippen LogP) is 3.81. The van der Waals surface area contributed by atoms with Crippen molar-refractivity contribution in [1.82, 2.24) is 9.80 Å². The second-order valence-corrected chi connectivity index (χ2v) is 7.98. The van der Waals surface area contributed by atoms with E-state index in [1.54, 1.807) is 0 Å². The number of nitrogens with zero attached hydrogens (tertiary/aromatic N) is 3. The van der Waals surface area contributed by atoms with Gasteiger partial charge in [-0.25, -0.2) is 0 Å². The Morgan fingerprint density at radius 1 is 1.12 bits per heavy atom. The Balaban J connectivity index is 1.70. The van der Waals surface area contributed by atoms with Crippen LogP contribution in [0.25, 0.3) is 0 Å². The van der Waals surface area contributed by atoms with Gasteiger partial charge in [0.05, 0.1) is 11.6 Å². The van der Waals surface area contributed by atoms with Gasteiger partial charge in [0.25, 0.3) is 0 Å². The van der Waals surface area contributed by atoms with Gasteiger partial charge in [-0.2, -0.15) is 5.26 Å². The van der Waals surface area contributed by atoms with E-state index in [0.29, 0.717) is 15.9 Å². The first-order chi connectivity index (χ1) is 12.5. The molecule has 0 spiro atoms. The molecule has 0 amide bonds. The van der Waals surface area contributed by atoms with Crippen LogP contribution < -0.4 is 0 Å². The Hall–Kier alpha value is -1.87. The lowest BCUT2D eigenvalue weighted by atomic mass is 10.0. The number of thiocarbonyl (C=S) groups is 1. The molecule has 1 fully saturated rings. The van der Waals surface area contributed by atoms with Crippen LogP contribution >= 0.6 is 24.8 Å². The molecule has 0 saturated carbocycles. The molecule has 5 heteroatoms. The van der Waals surface area contributed by atoms with Crippen molar-refractivity contribution in [3.63, 3.8) is 0 Å². The minimum atomic E-state index is 0.298. The SMILES string of the molecule is Cc1ccc(CN2CCN(C(=S)S)C(Cc3ccc(C#N)cc3)C2)cc1. The van der Waals surface area contributed by atoms with E-state index >= 15 is 0 Å². The zero-order valence-electron chi connectivity index (χ0n) is 14.9. The molecule has 1 aliphatic rings. The van der Waals surface area contributed by atoms with Gasteiger partial charge in [-0.1, -0.05) is 54.2 Å². The third-order valence-electron chi connectivity index (χ3n) is 4.89. The van der Waals surface area contributed by atoms with Crippen LogP contribution in [0.3, 0.4) is 0 Å². The average molecular weight is 382 g/mol. The van der Waals surface area contributed by atoms with Crippen LogP contribution in [0.15, 0.2) is 48.5 Å². The van der Waals surface area contributed by atoms with Gasteiger partial charge in [0, 0.05) is 32.2 Å². The van der Waals surface area contributed by atoms with E-state index in [4.69, 9.17) is 17.5 Å². The third-order valence-corrected chi connectivity index (χ3v) is 5.39. The fourth-order valence-corrected chi connectivity index (χ4v) is 3.93. The number of hydrogen-bond donors (Lipinski definition) is 1. The molecule has 3 nitrogen and oxygen atoms in total. The maximum absolute atomic E-state index is 8.96. The molecule has 3 rings (SSSR count). The summed E-state index contributed by atoms with van der Waals surface area (Å²) in [5, 5.41) is 8.96. The van der Waals surface area contributed by atoms with E-state index in [1.807, 2.05) is 24.3 Å². The summed E-state index contributed by atoms with van der Waals surface area (Å²) in [6.45, 7) is 5.91. The molecule has 1 aliphatic heterocycles. The van der Waals surface area contributed by atoms with E-state index < -0.39 is 0 Å². The summed E-state index contributed by atoms with van der Waals surface area (Å²) in [7, 11) is 0. The average Bonchev–Trinajstić information content (AvgIpc) is 2.64. The summed E-state index contributed by atoms with van der Waals surface area (Å²) in [6, 6.07) is 19.1. The van der Waals surface area contributed by atoms with Gasteiger partial charge >= 0.3 is 0 Å². The summed E-state index contributed by atoms with van der Waals surface area (Å²) < 4.78 is 0.665. The van der Waals surface area contributed by atoms with Crippen LogP contribution in [0, 0.1) is 18.3 Å². The smallest absolute Gasteiger partial charge is 0.133 e. The first-order valence-corrected chi connectivity index (χ1v) is 9.67. The molecular formula is C21H23N3S2. The van der Waals surface area contributed by atoms with Crippen molar-refractivity contribution >= 4 is 29.2 Å². The minimum absolute atomic E-state index is 0.298. The quantitative estimate of drug-likeness (QED) is 0.644. The molecular weight excluding hydrogens is 358 g/mol. The van der Waals surface area contributed by atoms with Crippen LogP contribution in [0.5, 0.6) is 0 Å². The Labute approximate surface area is 166 Å². The molecule has 0 aliphatic carbocycles. The van der Waals surface area contributed by atoms with E-state index in [9.17, 15) is 0 Å². The van der Waals surface area contributed by atoms with Gasteiger partial charge in [0.2, 0.25) is 0 Å². The fraction of sp³-hybridized carbons (Fsp3) is 0.333. The highest BCUT2D eigenvalue weighted by Gasteiger charge is 2.27. The van der Waals surface area contributed by atoms with Crippen molar-refractivity contribution < 1.29 is 0 Å². The van der Waals surface area contributed by atoms with Gasteiger partial charge < -0.3 is 4.90 Å². The number of piperazine rings is 1. The van der Waals surface area contributed by atoms with Gasteiger partial charge in [0.1, 0.15) is 4.32 Å². The molecule has 134 valence electrons. The Morgan fingerprint density at radius 3 is 2.38 bits per heavy atom. The molecule has 2 aromatic carbocycles. The highest BCUT2D eigenvalue weighted by molar-refractivity contribution is 8.10. The number of rotatable bonds is 4. The van der Waals surface area contributed by atoms with Gasteiger partial charge in [-0.15, -0.1) is 12.6 Å². The van der Waals surface area contributed by atoms with Crippen molar-refractivity contribution in [2.45, 2.75) is 25.9 Å². The normalized spacial score (nSPS) is 17.7. The van der Waals surface area contributed by atoms with Crippen LogP contribution in [-0.4, -0.2) is 39.8 Å². The molecule has 1 saturated heterocycles. The molecule has 26 heavy (non-hydrogen) atoms. The number of nitriles is 1. The molecule has 1 heterocycles.